The zero-order valence-corrected chi connectivity index (χ0v) is 6.76. The van der Waals surface area contributed by atoms with Gasteiger partial charge in [-0.1, -0.05) is 6.92 Å². The summed E-state index contributed by atoms with van der Waals surface area (Å²) in [7, 11) is 0. The first kappa shape index (κ1) is 6.98. The van der Waals surface area contributed by atoms with Crippen molar-refractivity contribution in [3.8, 4) is 0 Å². The Bertz CT molecular complexity index is 181. The molecular weight excluding hydrogens is 140 g/mol. The van der Waals surface area contributed by atoms with Crippen LogP contribution in [-0.4, -0.2) is 25.2 Å². The van der Waals surface area contributed by atoms with Crippen molar-refractivity contribution in [2.24, 2.45) is 5.92 Å². The van der Waals surface area contributed by atoms with E-state index in [0.29, 0.717) is 18.1 Å². The van der Waals surface area contributed by atoms with E-state index in [1.807, 2.05) is 0 Å². The predicted molar refractivity (Wildman–Crippen MR) is 43.0 cm³/mol. The highest BCUT2D eigenvalue weighted by atomic mass is 16.5. The minimum Gasteiger partial charge on any atom is -0.474 e. The first-order valence-corrected chi connectivity index (χ1v) is 4.10. The molecule has 0 bridgehead atoms. The number of nitrogens with one attached hydrogen (secondary N) is 2. The van der Waals surface area contributed by atoms with Crippen LogP contribution in [0.4, 0.5) is 0 Å². The molecule has 3 heteroatoms. The average Bonchev–Trinajstić information content (AvgIpc) is 2.31. The number of hydrogen-bond donors (Lipinski definition) is 2. The molecule has 62 valence electrons. The van der Waals surface area contributed by atoms with Crippen LogP contribution in [0, 0.1) is 5.92 Å². The third kappa shape index (κ3) is 1.09. The molecule has 0 saturated carbocycles. The van der Waals surface area contributed by atoms with Crippen LogP contribution in [0.15, 0.2) is 12.5 Å². The van der Waals surface area contributed by atoms with Crippen LogP contribution < -0.4 is 10.6 Å². The molecule has 0 aromatic carbocycles. The van der Waals surface area contributed by atoms with E-state index in [1.165, 1.54) is 0 Å². The molecule has 3 atom stereocenters. The van der Waals surface area contributed by atoms with E-state index >= 15 is 0 Å². The van der Waals surface area contributed by atoms with Gasteiger partial charge in [-0.2, -0.15) is 0 Å². The largest absolute Gasteiger partial charge is 0.474 e. The zero-order chi connectivity index (χ0) is 7.84. The molecule has 11 heavy (non-hydrogen) atoms. The predicted octanol–water partition coefficient (Wildman–Crippen LogP) is 0.0539. The van der Waals surface area contributed by atoms with Crippen LogP contribution in [0.25, 0.3) is 0 Å². The summed E-state index contributed by atoms with van der Waals surface area (Å²) < 4.78 is 5.53. The molecule has 0 radical (unpaired) electrons. The highest BCUT2D eigenvalue weighted by Crippen LogP contribution is 2.22. The molecule has 2 aliphatic rings. The Balaban J connectivity index is 2.09. The van der Waals surface area contributed by atoms with Crippen molar-refractivity contribution < 1.29 is 4.74 Å². The Morgan fingerprint density at radius 1 is 1.55 bits per heavy atom. The first-order chi connectivity index (χ1) is 5.27. The summed E-state index contributed by atoms with van der Waals surface area (Å²) in [6.07, 6.45) is 0.337. The lowest BCUT2D eigenvalue weighted by atomic mass is 9.95. The molecule has 0 aliphatic carbocycles. The maximum Gasteiger partial charge on any atom is 0.180 e. The van der Waals surface area contributed by atoms with Crippen molar-refractivity contribution in [2.45, 2.75) is 19.1 Å². The molecule has 3 nitrogen and oxygen atoms in total. The van der Waals surface area contributed by atoms with Crippen LogP contribution in [0.1, 0.15) is 6.92 Å². The van der Waals surface area contributed by atoms with Gasteiger partial charge in [0.05, 0.1) is 6.04 Å². The van der Waals surface area contributed by atoms with Gasteiger partial charge in [0, 0.05) is 19.0 Å². The number of piperidine rings is 1. The van der Waals surface area contributed by atoms with Crippen LogP contribution >= 0.6 is 0 Å². The Kier molecular flexibility index (Phi) is 1.53. The molecule has 0 aromatic rings. The lowest BCUT2D eigenvalue weighted by Crippen LogP contribution is -2.51. The third-order valence-corrected chi connectivity index (χ3v) is 2.41. The van der Waals surface area contributed by atoms with Crippen molar-refractivity contribution in [2.75, 3.05) is 13.1 Å². The van der Waals surface area contributed by atoms with E-state index in [0.717, 1.165) is 19.0 Å². The average molecular weight is 154 g/mol. The Hall–Kier alpha value is -0.700. The molecule has 2 saturated heterocycles. The van der Waals surface area contributed by atoms with Gasteiger partial charge in [-0.05, 0) is 6.58 Å². The Labute approximate surface area is 66.8 Å². The second-order valence-electron chi connectivity index (χ2n) is 3.39. The Morgan fingerprint density at radius 3 is 3.09 bits per heavy atom. The minimum atomic E-state index is 0.337. The maximum atomic E-state index is 5.53. The van der Waals surface area contributed by atoms with E-state index in [-0.39, 0.29) is 0 Å². The summed E-state index contributed by atoms with van der Waals surface area (Å²) in [6.45, 7) is 8.00. The lowest BCUT2D eigenvalue weighted by molar-refractivity contribution is 0.0826. The van der Waals surface area contributed by atoms with E-state index in [1.54, 1.807) is 0 Å². The van der Waals surface area contributed by atoms with Crippen molar-refractivity contribution >= 4 is 0 Å². The second kappa shape index (κ2) is 2.41. The van der Waals surface area contributed by atoms with Crippen molar-refractivity contribution in [1.29, 1.82) is 0 Å². The van der Waals surface area contributed by atoms with Gasteiger partial charge < -0.3 is 15.4 Å². The van der Waals surface area contributed by atoms with E-state index in [2.05, 4.69) is 24.1 Å². The fourth-order valence-corrected chi connectivity index (χ4v) is 1.83. The number of rotatable bonds is 0. The lowest BCUT2D eigenvalue weighted by Gasteiger charge is -2.29. The van der Waals surface area contributed by atoms with Gasteiger partial charge in [0.2, 0.25) is 0 Å². The molecule has 2 aliphatic heterocycles. The molecule has 0 spiro atoms. The highest BCUT2D eigenvalue weighted by Gasteiger charge is 2.37. The molecule has 2 heterocycles. The quantitative estimate of drug-likeness (QED) is 0.517. The molecule has 2 N–H and O–H groups in total. The van der Waals surface area contributed by atoms with Gasteiger partial charge in [-0.15, -0.1) is 0 Å². The summed E-state index contributed by atoms with van der Waals surface area (Å²) >= 11 is 0. The molecule has 2 rings (SSSR count). The van der Waals surface area contributed by atoms with Gasteiger partial charge in [0.15, 0.2) is 5.88 Å². The second-order valence-corrected chi connectivity index (χ2v) is 3.39. The van der Waals surface area contributed by atoms with E-state index in [9.17, 15) is 0 Å². The van der Waals surface area contributed by atoms with Crippen molar-refractivity contribution in [3.63, 3.8) is 0 Å². The highest BCUT2D eigenvalue weighted by molar-refractivity contribution is 5.02. The van der Waals surface area contributed by atoms with Gasteiger partial charge in [0.1, 0.15) is 6.10 Å². The maximum absolute atomic E-state index is 5.53. The first-order valence-electron chi connectivity index (χ1n) is 4.10. The molecule has 0 unspecified atom stereocenters. The molecule has 0 amide bonds. The Morgan fingerprint density at radius 2 is 2.36 bits per heavy atom. The number of ether oxygens (including phenoxy) is 1. The molecule has 2 fully saturated rings. The standard InChI is InChI=1S/C8H14N2O/c1-5-3-9-4-7-8(5)11-6(2)10-7/h5,7-10H,2-4H2,1H3/t5-,7-,8+/m1/s1. The third-order valence-electron chi connectivity index (χ3n) is 2.41. The van der Waals surface area contributed by atoms with Gasteiger partial charge in [-0.3, -0.25) is 0 Å². The van der Waals surface area contributed by atoms with Crippen LogP contribution in [0.2, 0.25) is 0 Å². The molecule has 0 aromatic heterocycles. The van der Waals surface area contributed by atoms with E-state index in [4.69, 9.17) is 4.74 Å². The number of hydrogen-bond acceptors (Lipinski definition) is 3. The SMILES string of the molecule is C=C1N[C@@H]2CNC[C@@H](C)[C@@H]2O1. The normalized spacial score (nSPS) is 42.6. The number of fused-ring (bicyclic) bond motifs is 1. The van der Waals surface area contributed by atoms with Gasteiger partial charge in [-0.25, -0.2) is 0 Å². The minimum absolute atomic E-state index is 0.337. The fourth-order valence-electron chi connectivity index (χ4n) is 1.83. The summed E-state index contributed by atoms with van der Waals surface area (Å²) in [5.41, 5.74) is 0. The zero-order valence-electron chi connectivity index (χ0n) is 6.76. The van der Waals surface area contributed by atoms with Crippen molar-refractivity contribution in [1.82, 2.24) is 10.6 Å². The summed E-state index contributed by atoms with van der Waals surface area (Å²) in [5.74, 6) is 1.32. The van der Waals surface area contributed by atoms with E-state index < -0.39 is 0 Å². The monoisotopic (exact) mass is 154 g/mol. The smallest absolute Gasteiger partial charge is 0.180 e. The van der Waals surface area contributed by atoms with Crippen molar-refractivity contribution in [3.05, 3.63) is 12.5 Å². The summed E-state index contributed by atoms with van der Waals surface area (Å²) in [6, 6.07) is 0.436. The fraction of sp³-hybridized carbons (Fsp3) is 0.750. The summed E-state index contributed by atoms with van der Waals surface area (Å²) in [4.78, 5) is 0. The van der Waals surface area contributed by atoms with Gasteiger partial charge in [0.25, 0.3) is 0 Å². The topological polar surface area (TPSA) is 33.3 Å². The van der Waals surface area contributed by atoms with Crippen LogP contribution in [-0.2, 0) is 4.74 Å². The molecular formula is C8H14N2O. The summed E-state index contributed by atoms with van der Waals surface area (Å²) in [5, 5.41) is 6.55. The van der Waals surface area contributed by atoms with Crippen LogP contribution in [0.3, 0.4) is 0 Å². The van der Waals surface area contributed by atoms with Crippen LogP contribution in [0.5, 0.6) is 0 Å². The van der Waals surface area contributed by atoms with Gasteiger partial charge >= 0.3 is 0 Å².